The molecule has 0 fully saturated rings. The Balaban J connectivity index is 1.73. The average molecular weight is 494 g/mol. The van der Waals surface area contributed by atoms with Gasteiger partial charge in [0.2, 0.25) is 0 Å². The van der Waals surface area contributed by atoms with Gasteiger partial charge in [-0.2, -0.15) is 5.26 Å². The highest BCUT2D eigenvalue weighted by molar-refractivity contribution is 7.92. The lowest BCUT2D eigenvalue weighted by Gasteiger charge is -2.20. The first-order valence-electron chi connectivity index (χ1n) is 10.4. The van der Waals surface area contributed by atoms with E-state index in [0.29, 0.717) is 17.1 Å². The summed E-state index contributed by atoms with van der Waals surface area (Å²) >= 11 is 0. The van der Waals surface area contributed by atoms with Crippen molar-refractivity contribution in [2.45, 2.75) is 4.90 Å². The minimum atomic E-state index is -3.98. The topological polar surface area (TPSA) is 117 Å². The molecular formula is C25H23N3O6S. The molecule has 0 aliphatic carbocycles. The number of esters is 1. The summed E-state index contributed by atoms with van der Waals surface area (Å²) in [4.78, 5) is 26.2. The molecule has 0 saturated carbocycles. The van der Waals surface area contributed by atoms with Crippen molar-refractivity contribution in [1.82, 2.24) is 0 Å². The molecule has 0 unspecified atom stereocenters. The summed E-state index contributed by atoms with van der Waals surface area (Å²) in [6.45, 7) is -0.829. The number of carbonyl (C=O) groups is 2. The number of rotatable bonds is 9. The number of anilines is 2. The van der Waals surface area contributed by atoms with Gasteiger partial charge < -0.3 is 9.47 Å². The first kappa shape index (κ1) is 25.3. The Labute approximate surface area is 203 Å². The van der Waals surface area contributed by atoms with Gasteiger partial charge >= 0.3 is 5.97 Å². The molecule has 0 atom stereocenters. The number of methoxy groups -OCH3 is 1. The predicted octanol–water partition coefficient (Wildman–Crippen LogP) is 3.23. The Morgan fingerprint density at radius 3 is 2.26 bits per heavy atom. The number of benzene rings is 3. The molecule has 3 aromatic carbocycles. The van der Waals surface area contributed by atoms with Gasteiger partial charge in [0.15, 0.2) is 6.61 Å². The smallest absolute Gasteiger partial charge is 0.338 e. The second-order valence-corrected chi connectivity index (χ2v) is 9.22. The SMILES string of the molecule is COc1ccc(N(C)S(=O)(=O)c2cccc(C(=O)OCC(=O)N(CC#N)c3ccccc3)c2)cc1. The molecule has 0 aromatic heterocycles. The molecule has 0 bridgehead atoms. The van der Waals surface area contributed by atoms with Gasteiger partial charge in [0.05, 0.1) is 29.3 Å². The lowest BCUT2D eigenvalue weighted by atomic mass is 10.2. The largest absolute Gasteiger partial charge is 0.497 e. The molecule has 10 heteroatoms. The van der Waals surface area contributed by atoms with Crippen molar-refractivity contribution >= 4 is 33.3 Å². The first-order valence-corrected chi connectivity index (χ1v) is 11.8. The summed E-state index contributed by atoms with van der Waals surface area (Å²) in [5.41, 5.74) is 0.862. The Morgan fingerprint density at radius 2 is 1.63 bits per heavy atom. The molecule has 9 nitrogen and oxygen atoms in total. The van der Waals surface area contributed by atoms with E-state index in [-0.39, 0.29) is 17.0 Å². The third-order valence-corrected chi connectivity index (χ3v) is 6.87. The lowest BCUT2D eigenvalue weighted by molar-refractivity contribution is -0.121. The minimum Gasteiger partial charge on any atom is -0.497 e. The minimum absolute atomic E-state index is 0.0337. The van der Waals surface area contributed by atoms with Crippen molar-refractivity contribution in [2.24, 2.45) is 0 Å². The lowest BCUT2D eigenvalue weighted by Crippen LogP contribution is -2.35. The molecule has 0 heterocycles. The predicted molar refractivity (Wildman–Crippen MR) is 130 cm³/mol. The molecular weight excluding hydrogens is 470 g/mol. The van der Waals surface area contributed by atoms with Crippen molar-refractivity contribution in [3.63, 3.8) is 0 Å². The van der Waals surface area contributed by atoms with E-state index in [4.69, 9.17) is 14.7 Å². The molecule has 0 spiro atoms. The van der Waals surface area contributed by atoms with E-state index in [1.54, 1.807) is 54.6 Å². The number of sulfonamides is 1. The first-order chi connectivity index (χ1) is 16.8. The summed E-state index contributed by atoms with van der Waals surface area (Å²) in [6.07, 6.45) is 0. The number of hydrogen-bond donors (Lipinski definition) is 0. The van der Waals surface area contributed by atoms with Crippen LogP contribution in [-0.2, 0) is 19.6 Å². The quantitative estimate of drug-likeness (QED) is 0.332. The second kappa shape index (κ2) is 11.2. The van der Waals surface area contributed by atoms with Crippen LogP contribution >= 0.6 is 0 Å². The van der Waals surface area contributed by atoms with Gasteiger partial charge in [-0.25, -0.2) is 13.2 Å². The summed E-state index contributed by atoms with van der Waals surface area (Å²) in [5, 5.41) is 9.04. The van der Waals surface area contributed by atoms with E-state index >= 15 is 0 Å². The van der Waals surface area contributed by atoms with Gasteiger partial charge in [0.25, 0.3) is 15.9 Å². The van der Waals surface area contributed by atoms with Crippen LogP contribution in [0, 0.1) is 11.3 Å². The van der Waals surface area contributed by atoms with Crippen LogP contribution in [0.25, 0.3) is 0 Å². The number of nitriles is 1. The second-order valence-electron chi connectivity index (χ2n) is 7.25. The van der Waals surface area contributed by atoms with Gasteiger partial charge in [0, 0.05) is 12.7 Å². The summed E-state index contributed by atoms with van der Waals surface area (Å²) in [6, 6.07) is 22.2. The maximum atomic E-state index is 13.1. The van der Waals surface area contributed by atoms with E-state index in [1.165, 1.54) is 43.3 Å². The van der Waals surface area contributed by atoms with Crippen LogP contribution in [0.2, 0.25) is 0 Å². The van der Waals surface area contributed by atoms with E-state index in [9.17, 15) is 18.0 Å². The van der Waals surface area contributed by atoms with Crippen molar-refractivity contribution in [2.75, 3.05) is 36.5 Å². The third-order valence-electron chi connectivity index (χ3n) is 5.09. The van der Waals surface area contributed by atoms with E-state index < -0.39 is 28.5 Å². The Hall–Kier alpha value is -4.36. The highest BCUT2D eigenvalue weighted by Gasteiger charge is 2.24. The standard InChI is InChI=1S/C25H23N3O6S/c1-27(20-11-13-22(33-2)14-12-20)35(31,32)23-10-6-7-19(17-23)25(30)34-18-24(29)28(16-15-26)21-8-4-3-5-9-21/h3-14,17H,16,18H2,1-2H3. The zero-order valence-corrected chi connectivity index (χ0v) is 19.9. The molecule has 3 rings (SSSR count). The monoisotopic (exact) mass is 493 g/mol. The fourth-order valence-electron chi connectivity index (χ4n) is 3.16. The van der Waals surface area contributed by atoms with Crippen LogP contribution in [0.3, 0.4) is 0 Å². The maximum Gasteiger partial charge on any atom is 0.338 e. The number of amides is 1. The van der Waals surface area contributed by atoms with E-state index in [0.717, 1.165) is 4.31 Å². The number of carbonyl (C=O) groups excluding carboxylic acids is 2. The molecule has 35 heavy (non-hydrogen) atoms. The van der Waals surface area contributed by atoms with Crippen molar-refractivity contribution in [3.05, 3.63) is 84.4 Å². The molecule has 0 saturated heterocycles. The third kappa shape index (κ3) is 5.96. The van der Waals surface area contributed by atoms with Gasteiger partial charge in [-0.3, -0.25) is 14.0 Å². The molecule has 1 amide bonds. The molecule has 0 N–H and O–H groups in total. The summed E-state index contributed by atoms with van der Waals surface area (Å²) < 4.78 is 37.5. The number of nitrogens with zero attached hydrogens (tertiary/aromatic N) is 3. The van der Waals surface area contributed by atoms with Crippen molar-refractivity contribution in [1.29, 1.82) is 5.26 Å². The fraction of sp³-hybridized carbons (Fsp3) is 0.160. The molecule has 0 aliphatic heterocycles. The van der Waals surface area contributed by atoms with Crippen LogP contribution in [0.5, 0.6) is 5.75 Å². The fourth-order valence-corrected chi connectivity index (χ4v) is 4.41. The number of hydrogen-bond acceptors (Lipinski definition) is 7. The molecule has 0 aliphatic rings. The number of ether oxygens (including phenoxy) is 2. The Morgan fingerprint density at radius 1 is 0.943 bits per heavy atom. The van der Waals surface area contributed by atoms with Gasteiger partial charge in [-0.15, -0.1) is 0 Å². The van der Waals surface area contributed by atoms with Crippen LogP contribution in [0.15, 0.2) is 83.8 Å². The molecule has 0 radical (unpaired) electrons. The Kier molecular flexibility index (Phi) is 8.07. The average Bonchev–Trinajstić information content (AvgIpc) is 2.90. The summed E-state index contributed by atoms with van der Waals surface area (Å²) in [7, 11) is -1.07. The van der Waals surface area contributed by atoms with Crippen molar-refractivity contribution in [3.8, 4) is 11.8 Å². The van der Waals surface area contributed by atoms with Gasteiger partial charge in [-0.1, -0.05) is 24.3 Å². The molecule has 180 valence electrons. The van der Waals surface area contributed by atoms with E-state index in [1.807, 2.05) is 6.07 Å². The Bertz CT molecular complexity index is 1340. The zero-order chi connectivity index (χ0) is 25.4. The number of para-hydroxylation sites is 1. The highest BCUT2D eigenvalue weighted by atomic mass is 32.2. The highest BCUT2D eigenvalue weighted by Crippen LogP contribution is 2.25. The summed E-state index contributed by atoms with van der Waals surface area (Å²) in [5.74, 6) is -0.874. The zero-order valence-electron chi connectivity index (χ0n) is 19.1. The van der Waals surface area contributed by atoms with Gasteiger partial charge in [0.1, 0.15) is 12.3 Å². The maximum absolute atomic E-state index is 13.1. The van der Waals surface area contributed by atoms with Crippen LogP contribution in [0.4, 0.5) is 11.4 Å². The van der Waals surface area contributed by atoms with E-state index in [2.05, 4.69) is 0 Å². The van der Waals surface area contributed by atoms with Crippen molar-refractivity contribution < 1.29 is 27.5 Å². The van der Waals surface area contributed by atoms with Crippen LogP contribution < -0.4 is 13.9 Å². The van der Waals surface area contributed by atoms with Crippen LogP contribution in [-0.4, -0.2) is 47.6 Å². The molecule has 3 aromatic rings. The van der Waals surface area contributed by atoms with Crippen LogP contribution in [0.1, 0.15) is 10.4 Å². The normalized spacial score (nSPS) is 10.7. The van der Waals surface area contributed by atoms with Gasteiger partial charge in [-0.05, 0) is 54.6 Å².